The Balaban J connectivity index is 0.00000400. The summed E-state index contributed by atoms with van der Waals surface area (Å²) < 4.78 is 31.3. The van der Waals surface area contributed by atoms with E-state index in [0.29, 0.717) is 12.8 Å². The molecule has 11 nitrogen and oxygen atoms in total. The van der Waals surface area contributed by atoms with Crippen LogP contribution in [0, 0.1) is 17.8 Å². The van der Waals surface area contributed by atoms with Crippen molar-refractivity contribution in [2.75, 3.05) is 0 Å². The molecular formula is C26H40ClNO10. The smallest absolute Gasteiger partial charge is 0.431 e. The molecule has 4 fully saturated rings. The number of hydrogen-bond donors (Lipinski definition) is 1. The van der Waals surface area contributed by atoms with Crippen LogP contribution in [0.15, 0.2) is 0 Å². The monoisotopic (exact) mass is 561 g/mol. The SMILES string of the molecule is CC(OC(=O)OC1CCCCC1)OC(=O)[C@H]1[C@@H]2CC[C@@](N)(C(=O)OC(C)OC(=O)OC3CCCCC3)[C@@H]21.Cl. The van der Waals surface area contributed by atoms with Crippen LogP contribution in [0.3, 0.4) is 0 Å². The highest BCUT2D eigenvalue weighted by atomic mass is 35.5. The lowest BCUT2D eigenvalue weighted by Crippen LogP contribution is -2.51. The fraction of sp³-hybridized carbons (Fsp3) is 0.846. The van der Waals surface area contributed by atoms with Gasteiger partial charge in [0.1, 0.15) is 17.7 Å². The molecule has 0 aliphatic heterocycles. The molecule has 0 spiro atoms. The van der Waals surface area contributed by atoms with Crippen LogP contribution in [0.2, 0.25) is 0 Å². The fourth-order valence-electron chi connectivity index (χ4n) is 6.08. The van der Waals surface area contributed by atoms with Crippen LogP contribution < -0.4 is 5.73 Å². The molecule has 2 unspecified atom stereocenters. The van der Waals surface area contributed by atoms with Crippen LogP contribution >= 0.6 is 12.4 Å². The summed E-state index contributed by atoms with van der Waals surface area (Å²) in [5.74, 6) is -2.52. The Hall–Kier alpha value is -2.27. The van der Waals surface area contributed by atoms with E-state index in [9.17, 15) is 19.2 Å². The Morgan fingerprint density at radius 3 is 1.68 bits per heavy atom. The molecule has 4 aliphatic carbocycles. The molecule has 2 N–H and O–H groups in total. The maximum Gasteiger partial charge on any atom is 0.511 e. The molecule has 4 rings (SSSR count). The highest BCUT2D eigenvalue weighted by molar-refractivity contribution is 5.87. The standard InChI is InChI=1S/C26H39NO10.ClH/c1-15(34-24(30)36-17-9-5-3-6-10-17)32-22(28)20-19-13-14-26(27,21(19)20)23(29)33-16(2)35-25(31)37-18-11-7-4-8-12-18;/h15-21H,3-14,27H2,1-2H3;1H/t15?,16?,19-,20-,21-,26-;/m0./s1. The van der Waals surface area contributed by atoms with E-state index in [-0.39, 0.29) is 30.5 Å². The number of fused-ring (bicyclic) bond motifs is 1. The molecule has 4 saturated carbocycles. The minimum absolute atomic E-state index is 0. The van der Waals surface area contributed by atoms with E-state index >= 15 is 0 Å². The number of halogens is 1. The third-order valence-corrected chi connectivity index (χ3v) is 8.02. The average molecular weight is 562 g/mol. The predicted octanol–water partition coefficient (Wildman–Crippen LogP) is 4.51. The first kappa shape index (κ1) is 30.3. The van der Waals surface area contributed by atoms with E-state index in [4.69, 9.17) is 34.2 Å². The largest absolute Gasteiger partial charge is 0.511 e. The van der Waals surface area contributed by atoms with Crippen molar-refractivity contribution in [3.05, 3.63) is 0 Å². The molecule has 216 valence electrons. The minimum Gasteiger partial charge on any atom is -0.431 e. The third-order valence-electron chi connectivity index (χ3n) is 8.02. The summed E-state index contributed by atoms with van der Waals surface area (Å²) in [6.45, 7) is 2.85. The number of carbonyl (C=O) groups is 4. The van der Waals surface area contributed by atoms with Gasteiger partial charge in [0.05, 0.1) is 5.92 Å². The van der Waals surface area contributed by atoms with Gasteiger partial charge in [-0.05, 0) is 70.1 Å². The van der Waals surface area contributed by atoms with Gasteiger partial charge in [0.15, 0.2) is 0 Å². The molecule has 0 aromatic heterocycles. The third kappa shape index (κ3) is 7.43. The van der Waals surface area contributed by atoms with Crippen molar-refractivity contribution in [2.45, 2.75) is 121 Å². The molecule has 6 atom stereocenters. The highest BCUT2D eigenvalue weighted by Gasteiger charge is 2.71. The van der Waals surface area contributed by atoms with Gasteiger partial charge in [0.2, 0.25) is 12.6 Å². The van der Waals surface area contributed by atoms with Crippen molar-refractivity contribution in [2.24, 2.45) is 23.5 Å². The second-order valence-electron chi connectivity index (χ2n) is 10.8. The Kier molecular flexibility index (Phi) is 10.5. The Labute approximate surface area is 229 Å². The van der Waals surface area contributed by atoms with E-state index < -0.39 is 54.2 Å². The summed E-state index contributed by atoms with van der Waals surface area (Å²) in [5.41, 5.74) is 5.00. The summed E-state index contributed by atoms with van der Waals surface area (Å²) in [6.07, 6.45) is 5.92. The molecule has 0 aromatic carbocycles. The number of esters is 2. The molecule has 0 saturated heterocycles. The van der Waals surface area contributed by atoms with Gasteiger partial charge in [-0.1, -0.05) is 12.8 Å². The van der Waals surface area contributed by atoms with E-state index in [2.05, 4.69) is 0 Å². The molecule has 0 amide bonds. The van der Waals surface area contributed by atoms with Gasteiger partial charge < -0.3 is 34.2 Å². The first-order valence-corrected chi connectivity index (χ1v) is 13.6. The fourth-order valence-corrected chi connectivity index (χ4v) is 6.08. The Bertz CT molecular complexity index is 859. The molecule has 0 radical (unpaired) electrons. The number of carbonyl (C=O) groups excluding carboxylic acids is 4. The predicted molar refractivity (Wildman–Crippen MR) is 134 cm³/mol. The molecule has 0 heterocycles. The summed E-state index contributed by atoms with van der Waals surface area (Å²) in [7, 11) is 0. The molecule has 0 bridgehead atoms. The van der Waals surface area contributed by atoms with E-state index in [0.717, 1.165) is 64.2 Å². The molecular weight excluding hydrogens is 522 g/mol. The molecule has 4 aliphatic rings. The molecule has 38 heavy (non-hydrogen) atoms. The van der Waals surface area contributed by atoms with Crippen LogP contribution in [0.1, 0.15) is 90.9 Å². The maximum atomic E-state index is 12.9. The van der Waals surface area contributed by atoms with Gasteiger partial charge in [0.25, 0.3) is 0 Å². The van der Waals surface area contributed by atoms with Crippen LogP contribution in [-0.4, -0.2) is 54.6 Å². The van der Waals surface area contributed by atoms with Crippen LogP contribution in [0.25, 0.3) is 0 Å². The van der Waals surface area contributed by atoms with Crippen LogP contribution in [-0.2, 0) is 38.0 Å². The van der Waals surface area contributed by atoms with Crippen molar-refractivity contribution >= 4 is 36.7 Å². The number of ether oxygens (including phenoxy) is 6. The van der Waals surface area contributed by atoms with Gasteiger partial charge >= 0.3 is 24.2 Å². The van der Waals surface area contributed by atoms with E-state index in [1.807, 2.05) is 0 Å². The number of nitrogens with two attached hydrogens (primary N) is 1. The zero-order valence-corrected chi connectivity index (χ0v) is 22.9. The quantitative estimate of drug-likeness (QED) is 0.253. The summed E-state index contributed by atoms with van der Waals surface area (Å²) in [6, 6.07) is 0. The minimum atomic E-state index is -1.40. The molecule has 0 aromatic rings. The van der Waals surface area contributed by atoms with E-state index in [1.165, 1.54) is 13.8 Å². The first-order valence-electron chi connectivity index (χ1n) is 13.6. The number of hydrogen-bond acceptors (Lipinski definition) is 11. The van der Waals surface area contributed by atoms with Crippen LogP contribution in [0.5, 0.6) is 0 Å². The van der Waals surface area contributed by atoms with Gasteiger partial charge in [-0.25, -0.2) is 14.4 Å². The van der Waals surface area contributed by atoms with Crippen LogP contribution in [0.4, 0.5) is 9.59 Å². The Morgan fingerprint density at radius 2 is 1.18 bits per heavy atom. The summed E-state index contributed by atoms with van der Waals surface area (Å²) in [5, 5.41) is 0. The van der Waals surface area contributed by atoms with Gasteiger partial charge in [-0.15, -0.1) is 12.4 Å². The van der Waals surface area contributed by atoms with Crippen molar-refractivity contribution in [1.82, 2.24) is 0 Å². The second-order valence-corrected chi connectivity index (χ2v) is 10.8. The highest BCUT2D eigenvalue weighted by Crippen LogP contribution is 2.62. The zero-order valence-electron chi connectivity index (χ0n) is 22.1. The summed E-state index contributed by atoms with van der Waals surface area (Å²) >= 11 is 0. The van der Waals surface area contributed by atoms with Gasteiger partial charge in [-0.2, -0.15) is 0 Å². The Morgan fingerprint density at radius 1 is 0.711 bits per heavy atom. The number of rotatable bonds is 8. The zero-order chi connectivity index (χ0) is 26.6. The normalized spacial score (nSPS) is 30.4. The van der Waals surface area contributed by atoms with Crippen molar-refractivity contribution in [1.29, 1.82) is 0 Å². The van der Waals surface area contributed by atoms with Crippen molar-refractivity contribution < 1.29 is 47.6 Å². The summed E-state index contributed by atoms with van der Waals surface area (Å²) in [4.78, 5) is 49.7. The molecule has 12 heteroatoms. The van der Waals surface area contributed by atoms with Crippen molar-refractivity contribution in [3.8, 4) is 0 Å². The van der Waals surface area contributed by atoms with E-state index in [1.54, 1.807) is 0 Å². The van der Waals surface area contributed by atoms with Crippen molar-refractivity contribution in [3.63, 3.8) is 0 Å². The average Bonchev–Trinajstić information content (AvgIpc) is 3.49. The first-order chi connectivity index (χ1) is 17.7. The van der Waals surface area contributed by atoms with Gasteiger partial charge in [-0.3, -0.25) is 4.79 Å². The lowest BCUT2D eigenvalue weighted by molar-refractivity contribution is -0.177. The second kappa shape index (κ2) is 13.2. The maximum absolute atomic E-state index is 12.9. The topological polar surface area (TPSA) is 150 Å². The lowest BCUT2D eigenvalue weighted by Gasteiger charge is -2.27. The lowest BCUT2D eigenvalue weighted by atomic mass is 9.91. The van der Waals surface area contributed by atoms with Gasteiger partial charge in [0, 0.05) is 19.8 Å².